The zero-order valence-electron chi connectivity index (χ0n) is 15.4. The summed E-state index contributed by atoms with van der Waals surface area (Å²) in [7, 11) is 1.60. The molecule has 0 spiro atoms. The number of benzene rings is 1. The topological polar surface area (TPSA) is 96.9 Å². The lowest BCUT2D eigenvalue weighted by Gasteiger charge is -2.36. The number of amides is 2. The van der Waals surface area contributed by atoms with E-state index in [0.29, 0.717) is 25.8 Å². The molecule has 7 nitrogen and oxygen atoms in total. The standard InChI is InChI=1S/C19H28N2O5/c1-3-18(23)21-15-9-8-14(26-17(15)12-22)10-19(24)20-11-13-6-4-5-7-16(13)25-2/h4-7,14-15,17,22H,3,8-12H2,1-2H3,(H,20,24)(H,21,23)/t14-,15+,17-/m1/s1. The number of carbonyl (C=O) groups excluding carboxylic acids is 2. The van der Waals surface area contributed by atoms with Gasteiger partial charge in [-0.15, -0.1) is 0 Å². The summed E-state index contributed by atoms with van der Waals surface area (Å²) in [5.74, 6) is 0.551. The van der Waals surface area contributed by atoms with Gasteiger partial charge < -0.3 is 25.2 Å². The molecule has 0 radical (unpaired) electrons. The van der Waals surface area contributed by atoms with Crippen LogP contribution in [-0.2, 0) is 20.9 Å². The maximum atomic E-state index is 12.2. The molecule has 1 aromatic carbocycles. The second-order valence-electron chi connectivity index (χ2n) is 6.38. The van der Waals surface area contributed by atoms with Gasteiger partial charge in [0.2, 0.25) is 11.8 Å². The summed E-state index contributed by atoms with van der Waals surface area (Å²) >= 11 is 0. The molecule has 2 amide bonds. The third-order valence-electron chi connectivity index (χ3n) is 4.54. The molecule has 0 aromatic heterocycles. The van der Waals surface area contributed by atoms with Crippen molar-refractivity contribution in [2.24, 2.45) is 0 Å². The van der Waals surface area contributed by atoms with E-state index >= 15 is 0 Å². The number of aliphatic hydroxyl groups excluding tert-OH is 1. The van der Waals surface area contributed by atoms with Gasteiger partial charge in [0.15, 0.2) is 0 Å². The summed E-state index contributed by atoms with van der Waals surface area (Å²) in [5, 5.41) is 15.3. The van der Waals surface area contributed by atoms with Crippen molar-refractivity contribution < 1.29 is 24.2 Å². The van der Waals surface area contributed by atoms with Gasteiger partial charge in [-0.3, -0.25) is 9.59 Å². The van der Waals surface area contributed by atoms with E-state index in [1.165, 1.54) is 0 Å². The van der Waals surface area contributed by atoms with Crippen LogP contribution in [0.2, 0.25) is 0 Å². The molecule has 1 aliphatic heterocycles. The summed E-state index contributed by atoms with van der Waals surface area (Å²) in [6.45, 7) is 1.98. The zero-order chi connectivity index (χ0) is 18.9. The van der Waals surface area contributed by atoms with Crippen molar-refractivity contribution in [1.29, 1.82) is 0 Å². The number of hydrogen-bond acceptors (Lipinski definition) is 5. The van der Waals surface area contributed by atoms with Crippen LogP contribution in [0.1, 0.15) is 38.2 Å². The number of para-hydroxylation sites is 1. The smallest absolute Gasteiger partial charge is 0.222 e. The van der Waals surface area contributed by atoms with Crippen molar-refractivity contribution >= 4 is 11.8 Å². The predicted octanol–water partition coefficient (Wildman–Crippen LogP) is 1.14. The minimum atomic E-state index is -0.480. The van der Waals surface area contributed by atoms with Gasteiger partial charge in [-0.25, -0.2) is 0 Å². The minimum absolute atomic E-state index is 0.0648. The van der Waals surface area contributed by atoms with Crippen molar-refractivity contribution in [1.82, 2.24) is 10.6 Å². The monoisotopic (exact) mass is 364 g/mol. The van der Waals surface area contributed by atoms with Crippen molar-refractivity contribution in [3.05, 3.63) is 29.8 Å². The quantitative estimate of drug-likeness (QED) is 0.643. The first-order chi connectivity index (χ1) is 12.6. The lowest BCUT2D eigenvalue weighted by atomic mass is 9.96. The van der Waals surface area contributed by atoms with Gasteiger partial charge in [0.05, 0.1) is 32.3 Å². The van der Waals surface area contributed by atoms with Crippen LogP contribution >= 0.6 is 0 Å². The third kappa shape index (κ3) is 5.71. The Hall–Kier alpha value is -2.12. The molecule has 1 aliphatic rings. The Bertz CT molecular complexity index is 607. The molecule has 3 atom stereocenters. The Morgan fingerprint density at radius 1 is 1.27 bits per heavy atom. The van der Waals surface area contributed by atoms with Crippen molar-refractivity contribution in [2.75, 3.05) is 13.7 Å². The van der Waals surface area contributed by atoms with E-state index in [0.717, 1.165) is 11.3 Å². The first kappa shape index (κ1) is 20.2. The van der Waals surface area contributed by atoms with Crippen LogP contribution in [0.3, 0.4) is 0 Å². The molecule has 2 rings (SSSR count). The first-order valence-corrected chi connectivity index (χ1v) is 9.01. The Morgan fingerprint density at radius 2 is 2.04 bits per heavy atom. The molecule has 1 saturated heterocycles. The Kier molecular flexibility index (Phi) is 7.87. The molecule has 0 unspecified atom stereocenters. The van der Waals surface area contributed by atoms with Gasteiger partial charge in [0.1, 0.15) is 11.9 Å². The highest BCUT2D eigenvalue weighted by Crippen LogP contribution is 2.22. The Balaban J connectivity index is 1.81. The fourth-order valence-electron chi connectivity index (χ4n) is 3.08. The molecule has 26 heavy (non-hydrogen) atoms. The van der Waals surface area contributed by atoms with Gasteiger partial charge in [0.25, 0.3) is 0 Å². The van der Waals surface area contributed by atoms with Gasteiger partial charge in [0, 0.05) is 18.5 Å². The number of aliphatic hydroxyl groups is 1. The minimum Gasteiger partial charge on any atom is -0.496 e. The molecule has 1 heterocycles. The van der Waals surface area contributed by atoms with Gasteiger partial charge in [-0.2, -0.15) is 0 Å². The summed E-state index contributed by atoms with van der Waals surface area (Å²) in [6.07, 6.45) is 1.21. The van der Waals surface area contributed by atoms with Crippen LogP contribution in [0.5, 0.6) is 5.75 Å². The fraction of sp³-hybridized carbons (Fsp3) is 0.579. The average molecular weight is 364 g/mol. The van der Waals surface area contributed by atoms with Crippen LogP contribution in [-0.4, -0.2) is 48.9 Å². The number of hydrogen-bond donors (Lipinski definition) is 3. The fourth-order valence-corrected chi connectivity index (χ4v) is 3.08. The van der Waals surface area contributed by atoms with E-state index in [9.17, 15) is 14.7 Å². The van der Waals surface area contributed by atoms with Gasteiger partial charge >= 0.3 is 0 Å². The zero-order valence-corrected chi connectivity index (χ0v) is 15.4. The summed E-state index contributed by atoms with van der Waals surface area (Å²) in [4.78, 5) is 23.8. The largest absolute Gasteiger partial charge is 0.496 e. The van der Waals surface area contributed by atoms with E-state index < -0.39 is 6.10 Å². The van der Waals surface area contributed by atoms with Crippen molar-refractivity contribution in [2.45, 2.75) is 57.4 Å². The molecule has 7 heteroatoms. The van der Waals surface area contributed by atoms with E-state index in [1.807, 2.05) is 24.3 Å². The highest BCUT2D eigenvalue weighted by atomic mass is 16.5. The third-order valence-corrected chi connectivity index (χ3v) is 4.54. The van der Waals surface area contributed by atoms with E-state index in [1.54, 1.807) is 14.0 Å². The van der Waals surface area contributed by atoms with Gasteiger partial charge in [-0.1, -0.05) is 25.1 Å². The molecule has 0 bridgehead atoms. The maximum Gasteiger partial charge on any atom is 0.222 e. The normalized spacial score (nSPS) is 22.5. The van der Waals surface area contributed by atoms with E-state index in [-0.39, 0.29) is 37.0 Å². The van der Waals surface area contributed by atoms with E-state index in [4.69, 9.17) is 9.47 Å². The number of rotatable bonds is 8. The lowest BCUT2D eigenvalue weighted by molar-refractivity contribution is -0.135. The SMILES string of the molecule is CCC(=O)N[C@H]1CC[C@H](CC(=O)NCc2ccccc2OC)O[C@@H]1CO. The van der Waals surface area contributed by atoms with Crippen molar-refractivity contribution in [3.63, 3.8) is 0 Å². The highest BCUT2D eigenvalue weighted by Gasteiger charge is 2.32. The molecule has 0 aliphatic carbocycles. The molecule has 1 aromatic rings. The number of nitrogens with one attached hydrogen (secondary N) is 2. The first-order valence-electron chi connectivity index (χ1n) is 9.01. The van der Waals surface area contributed by atoms with Gasteiger partial charge in [-0.05, 0) is 18.9 Å². The van der Waals surface area contributed by atoms with Crippen LogP contribution < -0.4 is 15.4 Å². The van der Waals surface area contributed by atoms with Crippen LogP contribution in [0.15, 0.2) is 24.3 Å². The van der Waals surface area contributed by atoms with E-state index in [2.05, 4.69) is 10.6 Å². The van der Waals surface area contributed by atoms with Crippen LogP contribution in [0.25, 0.3) is 0 Å². The summed E-state index contributed by atoms with van der Waals surface area (Å²) < 4.78 is 11.1. The molecule has 0 saturated carbocycles. The number of methoxy groups -OCH3 is 1. The van der Waals surface area contributed by atoms with Crippen molar-refractivity contribution in [3.8, 4) is 5.75 Å². The molecule has 144 valence electrons. The van der Waals surface area contributed by atoms with Crippen LogP contribution in [0, 0.1) is 0 Å². The second kappa shape index (κ2) is 10.1. The Morgan fingerprint density at radius 3 is 2.73 bits per heavy atom. The number of carbonyl (C=O) groups is 2. The lowest BCUT2D eigenvalue weighted by Crippen LogP contribution is -2.51. The maximum absolute atomic E-state index is 12.2. The predicted molar refractivity (Wildman–Crippen MR) is 96.7 cm³/mol. The highest BCUT2D eigenvalue weighted by molar-refractivity contribution is 5.77. The summed E-state index contributed by atoms with van der Waals surface area (Å²) in [6, 6.07) is 7.31. The molecule has 3 N–H and O–H groups in total. The molecular weight excluding hydrogens is 336 g/mol. The molecule has 1 fully saturated rings. The number of ether oxygens (including phenoxy) is 2. The summed E-state index contributed by atoms with van der Waals surface area (Å²) in [5.41, 5.74) is 0.906. The second-order valence-corrected chi connectivity index (χ2v) is 6.38. The average Bonchev–Trinajstić information content (AvgIpc) is 2.67. The Labute approximate surface area is 154 Å². The van der Waals surface area contributed by atoms with Crippen LogP contribution in [0.4, 0.5) is 0 Å². The molecular formula is C19H28N2O5.